The van der Waals surface area contributed by atoms with Gasteiger partial charge in [0.25, 0.3) is 5.91 Å². The maximum atomic E-state index is 12.9. The van der Waals surface area contributed by atoms with E-state index in [9.17, 15) is 38.2 Å². The molecule has 4 atom stereocenters. The number of Topliss-reactive ketones (excluding diaryl/α,β-unsaturated/α-hetero) is 1. The number of rotatable bonds is 12. The SMILES string of the molecule is C.C.NNC(=O)c1ccc(F)cc1.[C-]#[N+]c1ccc(C[C@@H](C(=O)NCC(=O)c2ccc(F)cc2)[C@H](C)O)c(C)c1Cl.[C-]#[N+]c1ccc(C[C@@H](C(=O)O)[C@H](C)O)c(C)c1Cl. The molecule has 0 aliphatic carbocycles. The molecule has 0 unspecified atom stereocenters. The summed E-state index contributed by atoms with van der Waals surface area (Å²) in [6.07, 6.45) is -1.50. The number of halogens is 4. The van der Waals surface area contributed by atoms with Crippen LogP contribution in [0.25, 0.3) is 9.69 Å². The van der Waals surface area contributed by atoms with Crippen molar-refractivity contribution in [1.82, 2.24) is 10.7 Å². The molecule has 0 saturated carbocycles. The topological polar surface area (TPSA) is 188 Å². The van der Waals surface area contributed by atoms with Crippen LogP contribution < -0.4 is 16.6 Å². The standard InChI is InChI=1S/C21H20ClFN2O3.C13H14ClNO3.C7H7FN2O.2CH4/c1-12-15(6-9-18(24-3)20(12)22)10-17(13(2)26)21(28)25-11-19(27)14-4-7-16(23)8-5-14;1-7-9(4-5-11(15-3)12(7)14)6-10(8(2)16)13(17)18;8-6-3-1-5(2-4-6)7(11)10-9;;/h4-9,13,17,26H,10-11H2,1-2H3,(H,25,28);4-5,8,10,16H,6H2,1-2H3,(H,17,18);1-4H,9H2,(H,10,11);2*1H4/t13-,17+;8-,10+;;;/m00.../s1. The molecule has 0 radical (unpaired) electrons. The quantitative estimate of drug-likeness (QED) is 0.0269. The minimum absolute atomic E-state index is 0. The lowest BCUT2D eigenvalue weighted by Gasteiger charge is -2.21. The average Bonchev–Trinajstić information content (AvgIpc) is 3.18. The predicted octanol–water partition coefficient (Wildman–Crippen LogP) is 8.40. The van der Waals surface area contributed by atoms with E-state index < -0.39 is 47.6 Å². The number of aliphatic hydroxyl groups is 2. The van der Waals surface area contributed by atoms with Gasteiger partial charge in [0, 0.05) is 11.1 Å². The van der Waals surface area contributed by atoms with E-state index in [0.29, 0.717) is 38.1 Å². The normalized spacial score (nSPS) is 11.9. The number of aliphatic hydroxyl groups excluding tert-OH is 2. The van der Waals surface area contributed by atoms with Gasteiger partial charge in [-0.15, -0.1) is 0 Å². The smallest absolute Gasteiger partial charge is 0.309 e. The van der Waals surface area contributed by atoms with Crippen molar-refractivity contribution in [2.24, 2.45) is 17.7 Å². The zero-order chi connectivity index (χ0) is 43.0. The Morgan fingerprint density at radius 2 is 1.10 bits per heavy atom. The van der Waals surface area contributed by atoms with E-state index in [2.05, 4.69) is 15.0 Å². The second-order valence-electron chi connectivity index (χ2n) is 12.7. The van der Waals surface area contributed by atoms with Crippen molar-refractivity contribution in [1.29, 1.82) is 0 Å². The fraction of sp³-hybridized carbons (Fsp3) is 0.302. The van der Waals surface area contributed by atoms with Crippen LogP contribution in [0.2, 0.25) is 10.0 Å². The molecule has 0 fully saturated rings. The maximum absolute atomic E-state index is 12.9. The molecule has 59 heavy (non-hydrogen) atoms. The molecule has 0 heterocycles. The van der Waals surface area contributed by atoms with Crippen LogP contribution in [0, 0.1) is 50.5 Å². The zero-order valence-electron chi connectivity index (χ0n) is 31.3. The Bertz CT molecular complexity index is 2140. The number of nitrogen functional groups attached to an aromatic ring is 1. The van der Waals surface area contributed by atoms with E-state index in [-0.39, 0.29) is 51.4 Å². The van der Waals surface area contributed by atoms with Crippen molar-refractivity contribution in [3.8, 4) is 0 Å². The number of carbonyl (C=O) groups excluding carboxylic acids is 3. The first kappa shape index (κ1) is 53.3. The lowest BCUT2D eigenvalue weighted by molar-refractivity contribution is -0.145. The van der Waals surface area contributed by atoms with Crippen LogP contribution in [0.1, 0.15) is 71.7 Å². The highest BCUT2D eigenvalue weighted by molar-refractivity contribution is 6.34. The summed E-state index contributed by atoms with van der Waals surface area (Å²) >= 11 is 12.2. The van der Waals surface area contributed by atoms with Crippen molar-refractivity contribution in [3.05, 3.63) is 151 Å². The lowest BCUT2D eigenvalue weighted by atomic mass is 9.91. The number of ketones is 1. The van der Waals surface area contributed by atoms with Crippen LogP contribution in [0.3, 0.4) is 0 Å². The Labute approximate surface area is 353 Å². The van der Waals surface area contributed by atoms with Crippen molar-refractivity contribution in [2.45, 2.75) is 67.6 Å². The Morgan fingerprint density at radius 3 is 1.46 bits per heavy atom. The van der Waals surface area contributed by atoms with Gasteiger partial charge in [-0.1, -0.05) is 62.3 Å². The van der Waals surface area contributed by atoms with Gasteiger partial charge in [0.2, 0.25) is 17.3 Å². The van der Waals surface area contributed by atoms with Gasteiger partial charge in [-0.3, -0.25) is 24.6 Å². The number of nitrogens with zero attached hydrogens (tertiary/aromatic N) is 2. The number of hydrogen-bond acceptors (Lipinski definition) is 7. The second-order valence-corrected chi connectivity index (χ2v) is 13.4. The highest BCUT2D eigenvalue weighted by Crippen LogP contribution is 2.33. The zero-order valence-corrected chi connectivity index (χ0v) is 32.8. The highest BCUT2D eigenvalue weighted by Gasteiger charge is 2.26. The molecule has 0 aromatic heterocycles. The average molecular weight is 857 g/mol. The van der Waals surface area contributed by atoms with E-state index >= 15 is 0 Å². The van der Waals surface area contributed by atoms with Crippen molar-refractivity contribution >= 4 is 58.1 Å². The molecule has 12 nitrogen and oxygen atoms in total. The molecule has 0 aliphatic heterocycles. The van der Waals surface area contributed by atoms with Gasteiger partial charge in [0.05, 0.1) is 53.8 Å². The Hall–Kier alpha value is -5.74. The molecule has 0 spiro atoms. The molecule has 16 heteroatoms. The second kappa shape index (κ2) is 25.6. The van der Waals surface area contributed by atoms with E-state index in [1.807, 2.05) is 5.43 Å². The summed E-state index contributed by atoms with van der Waals surface area (Å²) in [5.41, 5.74) is 6.08. The molecule has 4 rings (SSSR count). The van der Waals surface area contributed by atoms with Crippen LogP contribution in [-0.2, 0) is 22.4 Å². The third-order valence-corrected chi connectivity index (χ3v) is 9.68. The van der Waals surface area contributed by atoms with Gasteiger partial charge in [-0.2, -0.15) is 0 Å². The van der Waals surface area contributed by atoms with E-state index in [4.69, 9.17) is 47.3 Å². The van der Waals surface area contributed by atoms with E-state index in [1.165, 1.54) is 62.4 Å². The van der Waals surface area contributed by atoms with Crippen LogP contribution in [0.4, 0.5) is 20.2 Å². The molecule has 0 bridgehead atoms. The van der Waals surface area contributed by atoms with Crippen molar-refractivity contribution in [2.75, 3.05) is 6.54 Å². The summed E-state index contributed by atoms with van der Waals surface area (Å²) in [5, 5.41) is 31.7. The summed E-state index contributed by atoms with van der Waals surface area (Å²) in [5.74, 6) is 0.0369. The third kappa shape index (κ3) is 15.9. The van der Waals surface area contributed by atoms with Gasteiger partial charge in [0.15, 0.2) is 5.78 Å². The minimum Gasteiger partial charge on any atom is -0.481 e. The maximum Gasteiger partial charge on any atom is 0.309 e. The summed E-state index contributed by atoms with van der Waals surface area (Å²) < 4.78 is 25.2. The largest absolute Gasteiger partial charge is 0.481 e. The monoisotopic (exact) mass is 855 g/mol. The number of carboxylic acid groups (broad SMARTS) is 1. The van der Waals surface area contributed by atoms with E-state index in [1.54, 1.807) is 38.1 Å². The fourth-order valence-corrected chi connectivity index (χ4v) is 5.63. The Morgan fingerprint density at radius 1 is 0.712 bits per heavy atom. The van der Waals surface area contributed by atoms with Gasteiger partial charge in [-0.05, 0) is 111 Å². The number of nitrogens with one attached hydrogen (secondary N) is 2. The summed E-state index contributed by atoms with van der Waals surface area (Å²) in [6, 6.07) is 16.7. The molecule has 0 aliphatic rings. The first-order chi connectivity index (χ1) is 26.9. The van der Waals surface area contributed by atoms with Crippen LogP contribution in [-0.4, -0.2) is 57.6 Å². The molecule has 4 aromatic rings. The fourth-order valence-electron chi connectivity index (χ4n) is 5.18. The molecule has 2 amide bonds. The van der Waals surface area contributed by atoms with Gasteiger partial charge >= 0.3 is 5.97 Å². The number of nitrogens with two attached hydrogens (primary N) is 1. The van der Waals surface area contributed by atoms with Crippen molar-refractivity contribution < 1.29 is 43.3 Å². The lowest BCUT2D eigenvalue weighted by Crippen LogP contribution is -2.40. The summed E-state index contributed by atoms with van der Waals surface area (Å²) in [7, 11) is 0. The molecule has 7 N–H and O–H groups in total. The Kier molecular flexibility index (Phi) is 23.1. The number of amides is 2. The molecule has 0 saturated heterocycles. The number of carboxylic acids is 1. The van der Waals surface area contributed by atoms with Gasteiger partial charge < -0.3 is 20.6 Å². The van der Waals surface area contributed by atoms with Crippen LogP contribution in [0.15, 0.2) is 72.8 Å². The van der Waals surface area contributed by atoms with E-state index in [0.717, 1.165) is 11.1 Å². The van der Waals surface area contributed by atoms with Crippen LogP contribution >= 0.6 is 23.2 Å². The highest BCUT2D eigenvalue weighted by atomic mass is 35.5. The Balaban J connectivity index is 0.000000930. The minimum atomic E-state index is -1.05. The van der Waals surface area contributed by atoms with Gasteiger partial charge in [-0.25, -0.2) is 24.3 Å². The summed E-state index contributed by atoms with van der Waals surface area (Å²) in [4.78, 5) is 53.1. The number of benzene rings is 4. The first-order valence-electron chi connectivity index (χ1n) is 17.1. The van der Waals surface area contributed by atoms with Crippen molar-refractivity contribution in [3.63, 3.8) is 0 Å². The van der Waals surface area contributed by atoms with Gasteiger partial charge in [0.1, 0.15) is 11.6 Å². The van der Waals surface area contributed by atoms with Crippen LogP contribution in [0.5, 0.6) is 0 Å². The number of hydrogen-bond donors (Lipinski definition) is 6. The molecular weight excluding hydrogens is 807 g/mol. The number of hydrazine groups is 1. The third-order valence-electron chi connectivity index (χ3n) is 8.72. The molecular formula is C43H49Cl2F2N5O7. The number of carbonyl (C=O) groups is 4. The summed E-state index contributed by atoms with van der Waals surface area (Å²) in [6.45, 7) is 20.2. The first-order valence-corrected chi connectivity index (χ1v) is 17.8. The molecule has 316 valence electrons. The number of aliphatic carboxylic acids is 1. The predicted molar refractivity (Wildman–Crippen MR) is 226 cm³/mol. The molecule has 4 aromatic carbocycles.